The van der Waals surface area contributed by atoms with Crippen molar-refractivity contribution in [1.29, 1.82) is 0 Å². The van der Waals surface area contributed by atoms with Crippen molar-refractivity contribution in [3.05, 3.63) is 36.5 Å². The number of allylic oxidation sites excluding steroid dienone is 6. The third-order valence-electron chi connectivity index (χ3n) is 2.38. The van der Waals surface area contributed by atoms with Crippen LogP contribution in [0, 0.1) is 40.6 Å². The van der Waals surface area contributed by atoms with Crippen LogP contribution in [0.3, 0.4) is 0 Å². The highest BCUT2D eigenvalue weighted by Gasteiger charge is 2.07. The lowest BCUT2D eigenvalue weighted by molar-refractivity contribution is 0.381. The van der Waals surface area contributed by atoms with Crippen molar-refractivity contribution in [3.8, 4) is 35.1 Å². The normalized spacial score (nSPS) is 11.7. The summed E-state index contributed by atoms with van der Waals surface area (Å²) < 4.78 is 0. The molecular formula is C21H28Si. The number of hydrogen-bond acceptors (Lipinski definition) is 0. The topological polar surface area (TPSA) is 0 Å². The van der Waals surface area contributed by atoms with Crippen LogP contribution in [0.25, 0.3) is 0 Å². The first-order valence-corrected chi connectivity index (χ1v) is 11.2. The Hall–Kier alpha value is -1.88. The van der Waals surface area contributed by atoms with Gasteiger partial charge in [-0.2, -0.15) is 0 Å². The minimum absolute atomic E-state index is 0.389. The van der Waals surface area contributed by atoms with E-state index in [4.69, 9.17) is 0 Å². The molecule has 1 heteroatoms. The molecule has 0 aliphatic heterocycles. The largest absolute Gasteiger partial charge is 0.129 e. The maximum Gasteiger partial charge on any atom is 0.129 e. The summed E-state index contributed by atoms with van der Waals surface area (Å²) in [5.74, 6) is 14.8. The number of rotatable bonds is 2. The van der Waals surface area contributed by atoms with Gasteiger partial charge in [0.15, 0.2) is 0 Å². The molecule has 0 aromatic carbocycles. The van der Waals surface area contributed by atoms with Crippen molar-refractivity contribution < 1.29 is 0 Å². The Balaban J connectivity index is 4.05. The molecule has 22 heavy (non-hydrogen) atoms. The molecule has 0 atom stereocenters. The zero-order chi connectivity index (χ0) is 16.9. The highest BCUT2D eigenvalue weighted by molar-refractivity contribution is 6.83. The van der Waals surface area contributed by atoms with Crippen molar-refractivity contribution >= 4 is 8.07 Å². The average Bonchev–Trinajstić information content (AvgIpc) is 2.36. The summed E-state index contributed by atoms with van der Waals surface area (Å²) in [4.78, 5) is 0. The lowest BCUT2D eigenvalue weighted by Crippen LogP contribution is -2.16. The molecule has 0 nitrogen and oxygen atoms in total. The molecule has 0 aliphatic rings. The zero-order valence-corrected chi connectivity index (χ0v) is 15.9. The molecule has 0 spiro atoms. The van der Waals surface area contributed by atoms with Crippen molar-refractivity contribution in [2.24, 2.45) is 5.41 Å². The minimum Gasteiger partial charge on any atom is -0.127 e. The van der Waals surface area contributed by atoms with Gasteiger partial charge in [0.2, 0.25) is 0 Å². The van der Waals surface area contributed by atoms with Crippen LogP contribution in [-0.4, -0.2) is 8.07 Å². The SMILES string of the molecule is CC(C)(C)CC/C=C/C#C/C=C/C#C/C=C/C#C[Si](C)(C)C. The Bertz CT molecular complexity index is 582. The van der Waals surface area contributed by atoms with Crippen LogP contribution < -0.4 is 0 Å². The summed E-state index contributed by atoms with van der Waals surface area (Å²) >= 11 is 0. The molecule has 0 aliphatic carbocycles. The van der Waals surface area contributed by atoms with Crippen molar-refractivity contribution in [3.63, 3.8) is 0 Å². The quantitative estimate of drug-likeness (QED) is 0.475. The third kappa shape index (κ3) is 18.1. The zero-order valence-electron chi connectivity index (χ0n) is 14.9. The van der Waals surface area contributed by atoms with Gasteiger partial charge in [0.05, 0.1) is 0 Å². The predicted molar refractivity (Wildman–Crippen MR) is 103 cm³/mol. The maximum absolute atomic E-state index is 3.25. The van der Waals surface area contributed by atoms with E-state index < -0.39 is 8.07 Å². The smallest absolute Gasteiger partial charge is 0.127 e. The van der Waals surface area contributed by atoms with Gasteiger partial charge in [0.1, 0.15) is 8.07 Å². The van der Waals surface area contributed by atoms with Crippen molar-refractivity contribution in [1.82, 2.24) is 0 Å². The molecule has 0 heterocycles. The van der Waals surface area contributed by atoms with Crippen LogP contribution >= 0.6 is 0 Å². The first kappa shape index (κ1) is 20.1. The Kier molecular flexibility index (Phi) is 9.86. The molecule has 0 bridgehead atoms. The van der Waals surface area contributed by atoms with E-state index in [9.17, 15) is 0 Å². The fraction of sp³-hybridized carbons (Fsp3) is 0.429. The van der Waals surface area contributed by atoms with Gasteiger partial charge in [-0.05, 0) is 48.6 Å². The van der Waals surface area contributed by atoms with Gasteiger partial charge in [0.25, 0.3) is 0 Å². The Morgan fingerprint density at radius 2 is 1.18 bits per heavy atom. The molecule has 0 rings (SSSR count). The lowest BCUT2D eigenvalue weighted by Gasteiger charge is -2.15. The highest BCUT2D eigenvalue weighted by atomic mass is 28.3. The molecule has 0 amide bonds. The van der Waals surface area contributed by atoms with E-state index >= 15 is 0 Å². The average molecular weight is 309 g/mol. The minimum atomic E-state index is -1.27. The van der Waals surface area contributed by atoms with E-state index in [0.29, 0.717) is 5.41 Å². The molecule has 0 aromatic heterocycles. The molecule has 0 saturated heterocycles. The van der Waals surface area contributed by atoms with E-state index in [2.05, 4.69) is 81.6 Å². The van der Waals surface area contributed by atoms with Crippen LogP contribution in [0.1, 0.15) is 33.6 Å². The maximum atomic E-state index is 3.25. The Morgan fingerprint density at radius 1 is 0.727 bits per heavy atom. The van der Waals surface area contributed by atoms with Crippen LogP contribution in [0.4, 0.5) is 0 Å². The van der Waals surface area contributed by atoms with Gasteiger partial charge in [-0.3, -0.25) is 0 Å². The summed E-state index contributed by atoms with van der Waals surface area (Å²) in [5, 5.41) is 0. The highest BCUT2D eigenvalue weighted by Crippen LogP contribution is 2.20. The molecule has 116 valence electrons. The lowest BCUT2D eigenvalue weighted by atomic mass is 9.90. The van der Waals surface area contributed by atoms with Crippen molar-refractivity contribution in [2.45, 2.75) is 53.3 Å². The Labute approximate surface area is 138 Å². The second-order valence-electron chi connectivity index (χ2n) is 7.27. The second kappa shape index (κ2) is 10.8. The Morgan fingerprint density at radius 3 is 1.64 bits per heavy atom. The van der Waals surface area contributed by atoms with Gasteiger partial charge < -0.3 is 0 Å². The van der Waals surface area contributed by atoms with Crippen LogP contribution in [0.5, 0.6) is 0 Å². The van der Waals surface area contributed by atoms with Crippen LogP contribution in [0.2, 0.25) is 19.6 Å². The molecule has 0 unspecified atom stereocenters. The summed E-state index contributed by atoms with van der Waals surface area (Å²) in [6.45, 7) is 13.4. The van der Waals surface area contributed by atoms with Crippen LogP contribution in [0.15, 0.2) is 36.5 Å². The fourth-order valence-electron chi connectivity index (χ4n) is 1.28. The molecule has 0 N–H and O–H groups in total. The molecule has 0 aromatic rings. The van der Waals surface area contributed by atoms with Crippen molar-refractivity contribution in [2.75, 3.05) is 0 Å². The molecular weight excluding hydrogens is 280 g/mol. The van der Waals surface area contributed by atoms with Gasteiger partial charge in [0, 0.05) is 0 Å². The van der Waals surface area contributed by atoms with E-state index in [1.54, 1.807) is 18.2 Å². The van der Waals surface area contributed by atoms with E-state index in [0.717, 1.165) is 6.42 Å². The third-order valence-corrected chi connectivity index (χ3v) is 3.27. The van der Waals surface area contributed by atoms with E-state index in [-0.39, 0.29) is 0 Å². The van der Waals surface area contributed by atoms with E-state index in [1.165, 1.54) is 6.42 Å². The first-order chi connectivity index (χ1) is 10.2. The predicted octanol–water partition coefficient (Wildman–Crippen LogP) is 5.37. The van der Waals surface area contributed by atoms with Gasteiger partial charge in [-0.25, -0.2) is 0 Å². The molecule has 0 radical (unpaired) electrons. The second-order valence-corrected chi connectivity index (χ2v) is 12.0. The standard InChI is InChI=1S/C21H28Si/c1-21(2,3)19-17-15-13-11-9-7-8-10-12-14-16-18-20-22(4,5)6/h7-8,13-16H,17,19H2,1-6H3/b8-7+,15-13+,16-14+. The van der Waals surface area contributed by atoms with Gasteiger partial charge in [-0.15, -0.1) is 5.54 Å². The van der Waals surface area contributed by atoms with E-state index in [1.807, 2.05) is 12.2 Å². The number of hydrogen-bond donors (Lipinski definition) is 0. The van der Waals surface area contributed by atoms with Gasteiger partial charge in [-0.1, -0.05) is 76.1 Å². The van der Waals surface area contributed by atoms with Gasteiger partial charge >= 0.3 is 0 Å². The first-order valence-electron chi connectivity index (χ1n) is 7.71. The molecule has 0 saturated carbocycles. The summed E-state index contributed by atoms with van der Waals surface area (Å²) in [5.41, 5.74) is 3.64. The van der Waals surface area contributed by atoms with Crippen LogP contribution in [-0.2, 0) is 0 Å². The summed E-state index contributed by atoms with van der Waals surface area (Å²) in [7, 11) is -1.27. The fourth-order valence-corrected chi connectivity index (χ4v) is 1.79. The molecule has 0 fully saturated rings. The summed E-state index contributed by atoms with van der Waals surface area (Å²) in [6.07, 6.45) is 13.4. The monoisotopic (exact) mass is 308 g/mol. The summed E-state index contributed by atoms with van der Waals surface area (Å²) in [6, 6.07) is 0.